The Bertz CT molecular complexity index is 433. The lowest BCUT2D eigenvalue weighted by Gasteiger charge is -2.21. The van der Waals surface area contributed by atoms with Crippen molar-refractivity contribution < 1.29 is 19.4 Å². The number of aliphatic hydroxyl groups is 1. The van der Waals surface area contributed by atoms with Crippen molar-refractivity contribution in [3.05, 3.63) is 29.8 Å². The molecule has 124 valence electrons. The molecule has 1 rings (SSSR count). The van der Waals surface area contributed by atoms with Crippen LogP contribution in [0.25, 0.3) is 0 Å². The molecule has 0 fully saturated rings. The van der Waals surface area contributed by atoms with Gasteiger partial charge in [-0.05, 0) is 37.6 Å². The number of carbonyl (C=O) groups is 1. The molecule has 0 saturated heterocycles. The maximum absolute atomic E-state index is 11.4. The molecular weight excluding hydrogens is 282 g/mol. The number of esters is 1. The topological polar surface area (TPSA) is 59.0 Å². The summed E-state index contributed by atoms with van der Waals surface area (Å²) in [6.07, 6.45) is 0.506. The van der Waals surface area contributed by atoms with Gasteiger partial charge >= 0.3 is 5.97 Å². The van der Waals surface area contributed by atoms with Crippen LogP contribution in [0, 0.1) is 0 Å². The largest absolute Gasteiger partial charge is 0.497 e. The summed E-state index contributed by atoms with van der Waals surface area (Å²) in [4.78, 5) is 13.5. The number of benzene rings is 1. The minimum atomic E-state index is -0.512. The van der Waals surface area contributed by atoms with Crippen LogP contribution in [-0.2, 0) is 9.53 Å². The first-order valence-electron chi connectivity index (χ1n) is 7.80. The van der Waals surface area contributed by atoms with Gasteiger partial charge in [-0.2, -0.15) is 0 Å². The Morgan fingerprint density at radius 1 is 1.23 bits per heavy atom. The lowest BCUT2D eigenvalue weighted by molar-refractivity contribution is -0.143. The molecule has 0 aliphatic carbocycles. The van der Waals surface area contributed by atoms with E-state index in [1.54, 1.807) is 14.0 Å². The van der Waals surface area contributed by atoms with E-state index in [9.17, 15) is 9.90 Å². The van der Waals surface area contributed by atoms with Gasteiger partial charge in [0.05, 0.1) is 26.2 Å². The predicted octanol–water partition coefficient (Wildman–Crippen LogP) is 2.39. The lowest BCUT2D eigenvalue weighted by atomic mass is 10.1. The number of nitrogens with zero attached hydrogens (tertiary/aromatic N) is 1. The van der Waals surface area contributed by atoms with Crippen molar-refractivity contribution >= 4 is 5.97 Å². The summed E-state index contributed by atoms with van der Waals surface area (Å²) in [6.45, 7) is 6.51. The van der Waals surface area contributed by atoms with Crippen LogP contribution >= 0.6 is 0 Å². The summed E-state index contributed by atoms with van der Waals surface area (Å²) >= 11 is 0. The van der Waals surface area contributed by atoms with Crippen molar-refractivity contribution in [1.29, 1.82) is 0 Å². The highest BCUT2D eigenvalue weighted by Gasteiger charge is 2.12. The molecule has 1 atom stereocenters. The zero-order valence-electron chi connectivity index (χ0n) is 13.7. The van der Waals surface area contributed by atoms with Crippen molar-refractivity contribution in [1.82, 2.24) is 4.90 Å². The molecule has 0 aliphatic rings. The molecule has 5 nitrogen and oxygen atoms in total. The second kappa shape index (κ2) is 10.2. The van der Waals surface area contributed by atoms with E-state index in [1.165, 1.54) is 0 Å². The van der Waals surface area contributed by atoms with Crippen molar-refractivity contribution in [2.75, 3.05) is 33.4 Å². The zero-order chi connectivity index (χ0) is 16.4. The van der Waals surface area contributed by atoms with Gasteiger partial charge in [0.1, 0.15) is 5.75 Å². The van der Waals surface area contributed by atoms with Crippen LogP contribution in [0.2, 0.25) is 0 Å². The first kappa shape index (κ1) is 18.5. The number of hydrogen-bond acceptors (Lipinski definition) is 5. The van der Waals surface area contributed by atoms with Gasteiger partial charge in [-0.25, -0.2) is 0 Å². The molecule has 0 saturated carbocycles. The fourth-order valence-corrected chi connectivity index (χ4v) is 2.21. The Morgan fingerprint density at radius 2 is 1.91 bits per heavy atom. The van der Waals surface area contributed by atoms with E-state index >= 15 is 0 Å². The lowest BCUT2D eigenvalue weighted by Crippen LogP contribution is -2.28. The molecule has 0 aromatic heterocycles. The third kappa shape index (κ3) is 6.45. The van der Waals surface area contributed by atoms with E-state index in [4.69, 9.17) is 9.47 Å². The molecule has 0 radical (unpaired) electrons. The highest BCUT2D eigenvalue weighted by atomic mass is 16.5. The van der Waals surface area contributed by atoms with E-state index in [2.05, 4.69) is 4.90 Å². The number of ether oxygens (including phenoxy) is 2. The van der Waals surface area contributed by atoms with Crippen molar-refractivity contribution in [3.8, 4) is 5.75 Å². The average Bonchev–Trinajstić information content (AvgIpc) is 2.55. The summed E-state index contributed by atoms with van der Waals surface area (Å²) in [7, 11) is 1.62. The molecule has 0 spiro atoms. The van der Waals surface area contributed by atoms with Gasteiger partial charge in [0.15, 0.2) is 0 Å². The number of aliphatic hydroxyl groups excluding tert-OH is 1. The number of hydrogen-bond donors (Lipinski definition) is 1. The average molecular weight is 309 g/mol. The molecule has 0 amide bonds. The minimum absolute atomic E-state index is 0.170. The van der Waals surface area contributed by atoms with E-state index in [0.29, 0.717) is 26.0 Å². The van der Waals surface area contributed by atoms with Crippen LogP contribution < -0.4 is 4.74 Å². The Kier molecular flexibility index (Phi) is 8.55. The molecule has 0 heterocycles. The van der Waals surface area contributed by atoms with E-state index in [-0.39, 0.29) is 5.97 Å². The van der Waals surface area contributed by atoms with Crippen molar-refractivity contribution in [3.63, 3.8) is 0 Å². The van der Waals surface area contributed by atoms with Gasteiger partial charge < -0.3 is 19.5 Å². The second-order valence-corrected chi connectivity index (χ2v) is 5.07. The standard InChI is InChI=1S/C17H27NO4/c1-4-18(13-11-17(20)22-5-2)12-10-16(19)14-6-8-15(21-3)9-7-14/h6-9,16,19H,4-5,10-13H2,1-3H3. The molecule has 1 unspecified atom stereocenters. The predicted molar refractivity (Wildman–Crippen MR) is 85.9 cm³/mol. The van der Waals surface area contributed by atoms with Crippen LogP contribution in [0.5, 0.6) is 5.75 Å². The summed E-state index contributed by atoms with van der Waals surface area (Å²) in [5.74, 6) is 0.609. The van der Waals surface area contributed by atoms with Crippen LogP contribution in [0.4, 0.5) is 0 Å². The molecule has 1 aromatic rings. The maximum Gasteiger partial charge on any atom is 0.307 e. The van der Waals surface area contributed by atoms with Gasteiger partial charge in [-0.15, -0.1) is 0 Å². The van der Waals surface area contributed by atoms with Crippen LogP contribution in [0.15, 0.2) is 24.3 Å². The highest BCUT2D eigenvalue weighted by Crippen LogP contribution is 2.20. The molecule has 5 heteroatoms. The number of rotatable bonds is 10. The van der Waals surface area contributed by atoms with Gasteiger partial charge in [-0.3, -0.25) is 4.79 Å². The normalized spacial score (nSPS) is 12.2. The fraction of sp³-hybridized carbons (Fsp3) is 0.588. The van der Waals surface area contributed by atoms with Crippen LogP contribution in [0.1, 0.15) is 38.4 Å². The first-order valence-corrected chi connectivity index (χ1v) is 7.80. The van der Waals surface area contributed by atoms with Crippen LogP contribution in [0.3, 0.4) is 0 Å². The van der Waals surface area contributed by atoms with Crippen molar-refractivity contribution in [2.45, 2.75) is 32.8 Å². The Morgan fingerprint density at radius 3 is 2.45 bits per heavy atom. The molecule has 0 aliphatic heterocycles. The number of carbonyl (C=O) groups excluding carboxylic acids is 1. The van der Waals surface area contributed by atoms with E-state index in [1.807, 2.05) is 31.2 Å². The van der Waals surface area contributed by atoms with Gasteiger partial charge in [0.25, 0.3) is 0 Å². The van der Waals surface area contributed by atoms with Crippen LogP contribution in [-0.4, -0.2) is 49.3 Å². The first-order chi connectivity index (χ1) is 10.6. The van der Waals surface area contributed by atoms with E-state index in [0.717, 1.165) is 24.4 Å². The Balaban J connectivity index is 2.39. The van der Waals surface area contributed by atoms with Gasteiger partial charge in [-0.1, -0.05) is 19.1 Å². The SMILES string of the molecule is CCOC(=O)CCN(CC)CCC(O)c1ccc(OC)cc1. The third-order valence-electron chi connectivity index (χ3n) is 3.60. The summed E-state index contributed by atoms with van der Waals surface area (Å²) in [5.41, 5.74) is 0.877. The summed E-state index contributed by atoms with van der Waals surface area (Å²) < 4.78 is 10.0. The maximum atomic E-state index is 11.4. The summed E-state index contributed by atoms with van der Waals surface area (Å²) in [5, 5.41) is 10.2. The Labute approximate surface area is 132 Å². The second-order valence-electron chi connectivity index (χ2n) is 5.07. The molecular formula is C17H27NO4. The van der Waals surface area contributed by atoms with Gasteiger partial charge in [0, 0.05) is 13.1 Å². The van der Waals surface area contributed by atoms with Crippen molar-refractivity contribution in [2.24, 2.45) is 0 Å². The number of methoxy groups -OCH3 is 1. The monoisotopic (exact) mass is 309 g/mol. The molecule has 22 heavy (non-hydrogen) atoms. The fourth-order valence-electron chi connectivity index (χ4n) is 2.21. The highest BCUT2D eigenvalue weighted by molar-refractivity contribution is 5.69. The molecule has 0 bridgehead atoms. The molecule has 1 aromatic carbocycles. The third-order valence-corrected chi connectivity index (χ3v) is 3.60. The Hall–Kier alpha value is -1.59. The van der Waals surface area contributed by atoms with E-state index < -0.39 is 6.10 Å². The molecule has 1 N–H and O–H groups in total. The quantitative estimate of drug-likeness (QED) is 0.673. The minimum Gasteiger partial charge on any atom is -0.497 e. The van der Waals surface area contributed by atoms with Gasteiger partial charge in [0.2, 0.25) is 0 Å². The zero-order valence-corrected chi connectivity index (χ0v) is 13.7. The smallest absolute Gasteiger partial charge is 0.307 e. The summed E-state index contributed by atoms with van der Waals surface area (Å²) in [6, 6.07) is 7.44.